The second-order valence-corrected chi connectivity index (χ2v) is 6.24. The Morgan fingerprint density at radius 3 is 2.14 bits per heavy atom. The summed E-state index contributed by atoms with van der Waals surface area (Å²) in [5.74, 6) is 0. The summed E-state index contributed by atoms with van der Waals surface area (Å²) in [7, 11) is -3.31. The molecule has 2 heterocycles. The molecule has 2 aliphatic rings. The first-order valence-electron chi connectivity index (χ1n) is 5.29. The van der Waals surface area contributed by atoms with E-state index in [4.69, 9.17) is 5.14 Å². The predicted octanol–water partition coefficient (Wildman–Crippen LogP) is 0.290. The van der Waals surface area contributed by atoms with Gasteiger partial charge >= 0.3 is 0 Å². The molecule has 2 unspecified atom stereocenters. The second-order valence-electron chi connectivity index (χ2n) is 4.40. The highest BCUT2D eigenvalue weighted by atomic mass is 32.2. The van der Waals surface area contributed by atoms with Crippen molar-refractivity contribution in [1.29, 1.82) is 0 Å². The highest BCUT2D eigenvalue weighted by molar-refractivity contribution is 7.89. The number of nitrogens with two attached hydrogens (primary N) is 1. The average Bonchev–Trinajstić information content (AvgIpc) is 2.32. The minimum absolute atomic E-state index is 0.289. The number of hydrogen-bond acceptors (Lipinski definition) is 3. The van der Waals surface area contributed by atoms with Gasteiger partial charge in [-0.1, -0.05) is 6.92 Å². The molecule has 2 N–H and O–H groups in total. The Kier molecular flexibility index (Phi) is 2.57. The smallest absolute Gasteiger partial charge is 0.212 e. The highest BCUT2D eigenvalue weighted by Gasteiger charge is 2.43. The number of nitrogens with zero attached hydrogens (tertiary/aromatic N) is 1. The molecule has 2 aliphatic heterocycles. The molecular formula is C9H18N2O2S. The molecule has 0 aromatic heterocycles. The van der Waals surface area contributed by atoms with Gasteiger partial charge in [0.05, 0.1) is 5.25 Å². The van der Waals surface area contributed by atoms with Crippen LogP contribution in [0.25, 0.3) is 0 Å². The van der Waals surface area contributed by atoms with Crippen LogP contribution in [-0.4, -0.2) is 37.2 Å². The summed E-state index contributed by atoms with van der Waals surface area (Å²) in [6, 6.07) is 0.921. The van der Waals surface area contributed by atoms with E-state index in [9.17, 15) is 8.42 Å². The van der Waals surface area contributed by atoms with Crippen molar-refractivity contribution < 1.29 is 8.42 Å². The predicted molar refractivity (Wildman–Crippen MR) is 55.3 cm³/mol. The van der Waals surface area contributed by atoms with Crippen LogP contribution in [0.2, 0.25) is 0 Å². The van der Waals surface area contributed by atoms with Gasteiger partial charge in [0.1, 0.15) is 0 Å². The van der Waals surface area contributed by atoms with Crippen molar-refractivity contribution in [1.82, 2.24) is 4.90 Å². The molecule has 2 fully saturated rings. The fourth-order valence-corrected chi connectivity index (χ4v) is 3.99. The summed E-state index contributed by atoms with van der Waals surface area (Å²) < 4.78 is 22.5. The minimum atomic E-state index is -3.31. The van der Waals surface area contributed by atoms with Gasteiger partial charge < -0.3 is 0 Å². The van der Waals surface area contributed by atoms with Gasteiger partial charge in [-0.15, -0.1) is 0 Å². The van der Waals surface area contributed by atoms with Gasteiger partial charge in [-0.25, -0.2) is 13.6 Å². The molecule has 82 valence electrons. The second kappa shape index (κ2) is 3.47. The lowest BCUT2D eigenvalue weighted by Crippen LogP contribution is -2.48. The van der Waals surface area contributed by atoms with Crippen LogP contribution in [0.4, 0.5) is 0 Å². The first-order chi connectivity index (χ1) is 6.52. The van der Waals surface area contributed by atoms with Crippen molar-refractivity contribution in [3.63, 3.8) is 0 Å². The Bertz CT molecular complexity index is 301. The van der Waals surface area contributed by atoms with Gasteiger partial charge in [-0.3, -0.25) is 4.90 Å². The van der Waals surface area contributed by atoms with Crippen LogP contribution in [0.15, 0.2) is 0 Å². The summed E-state index contributed by atoms with van der Waals surface area (Å²) in [6.45, 7) is 3.18. The van der Waals surface area contributed by atoms with E-state index in [0.29, 0.717) is 12.1 Å². The maximum Gasteiger partial charge on any atom is 0.212 e. The molecule has 2 rings (SSSR count). The van der Waals surface area contributed by atoms with Crippen LogP contribution >= 0.6 is 0 Å². The van der Waals surface area contributed by atoms with E-state index in [2.05, 4.69) is 11.8 Å². The normalized spacial score (nSPS) is 38.9. The number of rotatable bonds is 2. The fourth-order valence-electron chi connectivity index (χ4n) is 3.01. The van der Waals surface area contributed by atoms with Crippen LogP contribution in [0, 0.1) is 0 Å². The molecule has 5 heteroatoms. The Labute approximate surface area is 85.5 Å². The van der Waals surface area contributed by atoms with Crippen molar-refractivity contribution in [3.05, 3.63) is 0 Å². The van der Waals surface area contributed by atoms with Crippen molar-refractivity contribution in [2.24, 2.45) is 5.14 Å². The van der Waals surface area contributed by atoms with Crippen LogP contribution in [0.5, 0.6) is 0 Å². The molecule has 4 nitrogen and oxygen atoms in total. The SMILES string of the molecule is CCN1C2CC[C@H]1CC(S(N)(=O)=O)C2. The third-order valence-corrected chi connectivity index (χ3v) is 4.98. The van der Waals surface area contributed by atoms with E-state index in [1.807, 2.05) is 0 Å². The zero-order chi connectivity index (χ0) is 10.3. The lowest BCUT2D eigenvalue weighted by molar-refractivity contribution is 0.150. The van der Waals surface area contributed by atoms with E-state index < -0.39 is 10.0 Å². The number of fused-ring (bicyclic) bond motifs is 2. The van der Waals surface area contributed by atoms with Crippen molar-refractivity contribution in [2.75, 3.05) is 6.54 Å². The molecule has 0 aromatic carbocycles. The number of sulfonamides is 1. The standard InChI is InChI=1S/C9H18N2O2S/c1-2-11-7-3-4-8(11)6-9(5-7)14(10,12)13/h7-9H,2-6H2,1H3,(H2,10,12,13)/t7-,8?,9?/m0/s1. The van der Waals surface area contributed by atoms with Gasteiger partial charge in [-0.2, -0.15) is 0 Å². The topological polar surface area (TPSA) is 63.4 Å². The van der Waals surface area contributed by atoms with Crippen LogP contribution in [0.1, 0.15) is 32.6 Å². The highest BCUT2D eigenvalue weighted by Crippen LogP contribution is 2.37. The van der Waals surface area contributed by atoms with Crippen LogP contribution < -0.4 is 5.14 Å². The maximum atomic E-state index is 11.3. The quantitative estimate of drug-likeness (QED) is 0.724. The Balaban J connectivity index is 2.13. The van der Waals surface area contributed by atoms with E-state index in [-0.39, 0.29) is 5.25 Å². The molecule has 14 heavy (non-hydrogen) atoms. The fraction of sp³-hybridized carbons (Fsp3) is 1.00. The van der Waals surface area contributed by atoms with Crippen molar-refractivity contribution >= 4 is 10.0 Å². The molecule has 0 aliphatic carbocycles. The zero-order valence-corrected chi connectivity index (χ0v) is 9.33. The molecule has 0 amide bonds. The molecule has 2 bridgehead atoms. The monoisotopic (exact) mass is 218 g/mol. The molecule has 0 spiro atoms. The van der Waals surface area contributed by atoms with Gasteiger partial charge in [-0.05, 0) is 32.2 Å². The summed E-state index contributed by atoms with van der Waals surface area (Å²) in [4.78, 5) is 2.43. The average molecular weight is 218 g/mol. The minimum Gasteiger partial charge on any atom is -0.298 e. The third kappa shape index (κ3) is 1.68. The first-order valence-corrected chi connectivity index (χ1v) is 6.90. The van der Waals surface area contributed by atoms with E-state index in [0.717, 1.165) is 32.2 Å². The number of primary sulfonamides is 1. The molecule has 0 aromatic rings. The van der Waals surface area contributed by atoms with Crippen molar-refractivity contribution in [2.45, 2.75) is 49.9 Å². The van der Waals surface area contributed by atoms with Gasteiger partial charge in [0.15, 0.2) is 0 Å². The molecule has 2 saturated heterocycles. The lowest BCUT2D eigenvalue weighted by Gasteiger charge is -2.37. The van der Waals surface area contributed by atoms with Gasteiger partial charge in [0, 0.05) is 12.1 Å². The maximum absolute atomic E-state index is 11.3. The van der Waals surface area contributed by atoms with Crippen LogP contribution in [-0.2, 0) is 10.0 Å². The summed E-state index contributed by atoms with van der Waals surface area (Å²) in [5.41, 5.74) is 0. The van der Waals surface area contributed by atoms with E-state index in [1.54, 1.807) is 0 Å². The van der Waals surface area contributed by atoms with Crippen molar-refractivity contribution in [3.8, 4) is 0 Å². The number of piperidine rings is 1. The van der Waals surface area contributed by atoms with E-state index in [1.165, 1.54) is 0 Å². The largest absolute Gasteiger partial charge is 0.298 e. The van der Waals surface area contributed by atoms with Gasteiger partial charge in [0.25, 0.3) is 0 Å². The Morgan fingerprint density at radius 1 is 1.29 bits per heavy atom. The number of hydrogen-bond donors (Lipinski definition) is 1. The Hall–Kier alpha value is -0.130. The summed E-state index contributed by atoms with van der Waals surface area (Å²) >= 11 is 0. The van der Waals surface area contributed by atoms with Crippen LogP contribution in [0.3, 0.4) is 0 Å². The third-order valence-electron chi connectivity index (χ3n) is 3.67. The molecule has 0 saturated carbocycles. The first kappa shape index (κ1) is 10.4. The van der Waals surface area contributed by atoms with Gasteiger partial charge in [0.2, 0.25) is 10.0 Å². The summed E-state index contributed by atoms with van der Waals surface area (Å²) in [6.07, 6.45) is 3.77. The molecular weight excluding hydrogens is 200 g/mol. The Morgan fingerprint density at radius 2 is 1.79 bits per heavy atom. The summed E-state index contributed by atoms with van der Waals surface area (Å²) in [5, 5.41) is 4.91. The van der Waals surface area contributed by atoms with E-state index >= 15 is 0 Å². The lowest BCUT2D eigenvalue weighted by atomic mass is 10.0. The zero-order valence-electron chi connectivity index (χ0n) is 8.52. The molecule has 0 radical (unpaired) electrons. The molecule has 3 atom stereocenters.